The second-order valence-corrected chi connectivity index (χ2v) is 7.09. The fraction of sp³-hybridized carbons (Fsp3) is 0.667. The fourth-order valence-corrected chi connectivity index (χ4v) is 3.47. The number of methoxy groups -OCH3 is 2. The lowest BCUT2D eigenvalue weighted by Gasteiger charge is -2.33. The second-order valence-electron chi connectivity index (χ2n) is 7.09. The van der Waals surface area contributed by atoms with Gasteiger partial charge >= 0.3 is 0 Å². The summed E-state index contributed by atoms with van der Waals surface area (Å²) in [5, 5.41) is 17.1. The van der Waals surface area contributed by atoms with E-state index in [-0.39, 0.29) is 5.75 Å². The molecule has 1 aromatic carbocycles. The molecule has 0 spiro atoms. The summed E-state index contributed by atoms with van der Waals surface area (Å²) in [7, 11) is 3.32. The van der Waals surface area contributed by atoms with Crippen LogP contribution >= 0.6 is 0 Å². The molecule has 0 saturated carbocycles. The third-order valence-corrected chi connectivity index (χ3v) is 5.05. The van der Waals surface area contributed by atoms with Crippen molar-refractivity contribution in [2.75, 3.05) is 53.6 Å². The van der Waals surface area contributed by atoms with Crippen molar-refractivity contribution in [3.05, 3.63) is 23.8 Å². The maximum Gasteiger partial charge on any atom is 0.191 e. The highest BCUT2D eigenvalue weighted by molar-refractivity contribution is 5.80. The van der Waals surface area contributed by atoms with Gasteiger partial charge in [-0.15, -0.1) is 0 Å². The molecular formula is C21H36N4O3. The maximum atomic E-state index is 10.2. The fourth-order valence-electron chi connectivity index (χ4n) is 3.47. The van der Waals surface area contributed by atoms with Crippen molar-refractivity contribution >= 4 is 5.96 Å². The number of hydrogen-bond donors (Lipinski definition) is 3. The summed E-state index contributed by atoms with van der Waals surface area (Å²) in [6.07, 6.45) is 4.00. The van der Waals surface area contributed by atoms with Gasteiger partial charge in [0.1, 0.15) is 0 Å². The lowest BCUT2D eigenvalue weighted by molar-refractivity contribution is 0.155. The quantitative estimate of drug-likeness (QED) is 0.321. The van der Waals surface area contributed by atoms with Crippen LogP contribution in [-0.4, -0.2) is 75.6 Å². The highest BCUT2D eigenvalue weighted by Gasteiger charge is 2.19. The number of likely N-dealkylation sites (tertiary alicyclic amines) is 1. The molecule has 0 aromatic heterocycles. The van der Waals surface area contributed by atoms with Crippen molar-refractivity contribution in [2.45, 2.75) is 38.6 Å². The first kappa shape index (κ1) is 22.3. The first-order valence-electron chi connectivity index (χ1n) is 10.3. The van der Waals surface area contributed by atoms with Gasteiger partial charge in [0.05, 0.1) is 7.11 Å². The standard InChI is InChI=1S/C21H36N4O3/c1-4-22-21(23-12-9-17-7-5-8-19(28-3)20(17)26)24-18-10-14-25(15-11-18)13-6-16-27-2/h5,7-8,18,26H,4,6,9-16H2,1-3H3,(H2,22,23,24). The van der Waals surface area contributed by atoms with E-state index in [9.17, 15) is 5.11 Å². The van der Waals surface area contributed by atoms with Crippen LogP contribution in [0.25, 0.3) is 0 Å². The van der Waals surface area contributed by atoms with E-state index in [1.54, 1.807) is 20.3 Å². The molecule has 1 aromatic rings. The van der Waals surface area contributed by atoms with Crippen molar-refractivity contribution < 1.29 is 14.6 Å². The molecule has 1 heterocycles. The van der Waals surface area contributed by atoms with Gasteiger partial charge in [0.25, 0.3) is 0 Å². The van der Waals surface area contributed by atoms with Crippen LogP contribution in [0.3, 0.4) is 0 Å². The molecular weight excluding hydrogens is 356 g/mol. The Balaban J connectivity index is 1.81. The first-order valence-corrected chi connectivity index (χ1v) is 10.3. The largest absolute Gasteiger partial charge is 0.504 e. The minimum atomic E-state index is 0.207. The van der Waals surface area contributed by atoms with Gasteiger partial charge in [-0.25, -0.2) is 0 Å². The third-order valence-electron chi connectivity index (χ3n) is 5.05. The van der Waals surface area contributed by atoms with Crippen molar-refractivity contribution in [2.24, 2.45) is 4.99 Å². The third kappa shape index (κ3) is 7.20. The monoisotopic (exact) mass is 392 g/mol. The number of aliphatic imine (C=N–C) groups is 1. The smallest absolute Gasteiger partial charge is 0.191 e. The normalized spacial score (nSPS) is 16.2. The summed E-state index contributed by atoms with van der Waals surface area (Å²) >= 11 is 0. The molecule has 1 saturated heterocycles. The van der Waals surface area contributed by atoms with Crippen LogP contribution in [0, 0.1) is 0 Å². The van der Waals surface area contributed by atoms with E-state index < -0.39 is 0 Å². The minimum Gasteiger partial charge on any atom is -0.504 e. The number of guanidine groups is 1. The molecule has 7 heteroatoms. The Labute approximate surface area is 169 Å². The van der Waals surface area contributed by atoms with Crippen LogP contribution in [0.4, 0.5) is 0 Å². The number of piperidine rings is 1. The molecule has 7 nitrogen and oxygen atoms in total. The van der Waals surface area contributed by atoms with E-state index in [0.29, 0.717) is 24.8 Å². The van der Waals surface area contributed by atoms with Crippen LogP contribution in [-0.2, 0) is 11.2 Å². The van der Waals surface area contributed by atoms with Crippen LogP contribution < -0.4 is 15.4 Å². The maximum absolute atomic E-state index is 10.2. The number of para-hydroxylation sites is 1. The van der Waals surface area contributed by atoms with Gasteiger partial charge in [0.2, 0.25) is 0 Å². The Kier molecular flexibility index (Phi) is 9.93. The average molecular weight is 393 g/mol. The van der Waals surface area contributed by atoms with E-state index in [1.807, 2.05) is 12.1 Å². The van der Waals surface area contributed by atoms with Crippen molar-refractivity contribution in [3.8, 4) is 11.5 Å². The molecule has 1 aliphatic rings. The van der Waals surface area contributed by atoms with E-state index in [2.05, 4.69) is 22.5 Å². The molecule has 28 heavy (non-hydrogen) atoms. The summed E-state index contributed by atoms with van der Waals surface area (Å²) < 4.78 is 10.3. The number of rotatable bonds is 10. The molecule has 158 valence electrons. The number of phenolic OH excluding ortho intramolecular Hbond substituents is 1. The lowest BCUT2D eigenvalue weighted by atomic mass is 10.1. The first-order chi connectivity index (χ1) is 13.7. The topological polar surface area (TPSA) is 78.4 Å². The Morgan fingerprint density at radius 2 is 2.07 bits per heavy atom. The van der Waals surface area contributed by atoms with Crippen molar-refractivity contribution in [1.29, 1.82) is 0 Å². The summed E-state index contributed by atoms with van der Waals surface area (Å²) in [5.74, 6) is 1.56. The summed E-state index contributed by atoms with van der Waals surface area (Å²) in [6.45, 7) is 7.66. The van der Waals surface area contributed by atoms with Crippen LogP contribution in [0.1, 0.15) is 31.7 Å². The van der Waals surface area contributed by atoms with Crippen LogP contribution in [0.15, 0.2) is 23.2 Å². The van der Waals surface area contributed by atoms with Gasteiger partial charge in [-0.2, -0.15) is 0 Å². The number of benzene rings is 1. The molecule has 0 atom stereocenters. The Hall–Kier alpha value is -1.99. The molecule has 0 unspecified atom stereocenters. The summed E-state index contributed by atoms with van der Waals surface area (Å²) in [5.41, 5.74) is 0.850. The number of nitrogens with one attached hydrogen (secondary N) is 2. The molecule has 0 bridgehead atoms. The van der Waals surface area contributed by atoms with Gasteiger partial charge in [-0.1, -0.05) is 12.1 Å². The van der Waals surface area contributed by atoms with E-state index >= 15 is 0 Å². The molecule has 0 amide bonds. The molecule has 1 fully saturated rings. The van der Waals surface area contributed by atoms with Gasteiger partial charge in [0.15, 0.2) is 17.5 Å². The van der Waals surface area contributed by atoms with Gasteiger partial charge < -0.3 is 30.1 Å². The molecule has 0 radical (unpaired) electrons. The molecule has 1 aliphatic heterocycles. The Bertz CT molecular complexity index is 601. The number of hydrogen-bond acceptors (Lipinski definition) is 5. The van der Waals surface area contributed by atoms with Gasteiger partial charge in [-0.3, -0.25) is 4.99 Å². The van der Waals surface area contributed by atoms with E-state index in [0.717, 1.165) is 63.6 Å². The van der Waals surface area contributed by atoms with Crippen LogP contribution in [0.2, 0.25) is 0 Å². The van der Waals surface area contributed by atoms with Gasteiger partial charge in [0, 0.05) is 52.5 Å². The second kappa shape index (κ2) is 12.5. The highest BCUT2D eigenvalue weighted by atomic mass is 16.5. The number of ether oxygens (including phenoxy) is 2. The zero-order valence-electron chi connectivity index (χ0n) is 17.5. The lowest BCUT2D eigenvalue weighted by Crippen LogP contribution is -2.49. The van der Waals surface area contributed by atoms with Crippen molar-refractivity contribution in [1.82, 2.24) is 15.5 Å². The Morgan fingerprint density at radius 3 is 2.75 bits per heavy atom. The van der Waals surface area contributed by atoms with Crippen LogP contribution in [0.5, 0.6) is 11.5 Å². The molecule has 3 N–H and O–H groups in total. The highest BCUT2D eigenvalue weighted by Crippen LogP contribution is 2.29. The predicted molar refractivity (Wildman–Crippen MR) is 113 cm³/mol. The Morgan fingerprint density at radius 1 is 1.29 bits per heavy atom. The van der Waals surface area contributed by atoms with Gasteiger partial charge in [-0.05, 0) is 44.2 Å². The number of nitrogens with zero attached hydrogens (tertiary/aromatic N) is 2. The van der Waals surface area contributed by atoms with Crippen molar-refractivity contribution in [3.63, 3.8) is 0 Å². The molecule has 2 rings (SSSR count). The summed E-state index contributed by atoms with van der Waals surface area (Å²) in [6, 6.07) is 6.01. The minimum absolute atomic E-state index is 0.207. The summed E-state index contributed by atoms with van der Waals surface area (Å²) in [4.78, 5) is 7.20. The van der Waals surface area contributed by atoms with E-state index in [1.165, 1.54) is 0 Å². The zero-order valence-corrected chi connectivity index (χ0v) is 17.5. The van der Waals surface area contributed by atoms with E-state index in [4.69, 9.17) is 14.5 Å². The zero-order chi connectivity index (χ0) is 20.2. The predicted octanol–water partition coefficient (Wildman–Crippen LogP) is 2.00. The number of aromatic hydroxyl groups is 1. The molecule has 0 aliphatic carbocycles. The average Bonchev–Trinajstić information content (AvgIpc) is 2.71. The number of phenols is 1. The SMILES string of the molecule is CCNC(=NCCc1cccc(OC)c1O)NC1CCN(CCCOC)CC1.